The Morgan fingerprint density at radius 1 is 0.900 bits per heavy atom. The summed E-state index contributed by atoms with van der Waals surface area (Å²) in [6.45, 7) is 2.26. The lowest BCUT2D eigenvalue weighted by Gasteiger charge is -2.19. The first-order valence-corrected chi connectivity index (χ1v) is 11.1. The van der Waals surface area contributed by atoms with E-state index in [4.69, 9.17) is 0 Å². The lowest BCUT2D eigenvalue weighted by molar-refractivity contribution is -0.118. The van der Waals surface area contributed by atoms with Crippen molar-refractivity contribution in [3.05, 3.63) is 113 Å². The average molecular weight is 395 g/mol. The summed E-state index contributed by atoms with van der Waals surface area (Å²) in [6.07, 6.45) is 15.8. The van der Waals surface area contributed by atoms with Crippen LogP contribution in [0.4, 0.5) is 0 Å². The van der Waals surface area contributed by atoms with Crippen LogP contribution >= 0.6 is 0 Å². The Balaban J connectivity index is 1.30. The molecule has 4 rings (SSSR count). The maximum atomic E-state index is 12.4. The molecule has 152 valence electrons. The van der Waals surface area contributed by atoms with Gasteiger partial charge in [-0.3, -0.25) is 4.79 Å². The zero-order valence-electron chi connectivity index (χ0n) is 17.8. The van der Waals surface area contributed by atoms with Gasteiger partial charge in [0, 0.05) is 18.8 Å². The normalized spacial score (nSPS) is 20.1. The van der Waals surface area contributed by atoms with Crippen molar-refractivity contribution in [2.45, 2.75) is 39.0 Å². The summed E-state index contributed by atoms with van der Waals surface area (Å²) < 4.78 is 0. The van der Waals surface area contributed by atoms with Crippen LogP contribution in [0.5, 0.6) is 0 Å². The van der Waals surface area contributed by atoms with E-state index in [1.54, 1.807) is 0 Å². The van der Waals surface area contributed by atoms with Gasteiger partial charge in [-0.25, -0.2) is 0 Å². The van der Waals surface area contributed by atoms with E-state index < -0.39 is 0 Å². The van der Waals surface area contributed by atoms with Gasteiger partial charge in [0.25, 0.3) is 0 Å². The quantitative estimate of drug-likeness (QED) is 0.442. The standard InChI is InChI=1S/C29H30O/c1-2-29-25(17-18-28(30)21-22-9-5-3-6-10-22)15-16-27(29)20-23-13-14-26(19-23)24-11-7-4-8-12-24/h3-16,19,23,29H,2,17-18,20-21H2,1H3. The molecule has 0 heterocycles. The maximum absolute atomic E-state index is 12.4. The highest BCUT2D eigenvalue weighted by atomic mass is 16.1. The molecule has 0 saturated heterocycles. The third kappa shape index (κ3) is 4.97. The molecule has 0 amide bonds. The number of carbonyl (C=O) groups excluding carboxylic acids is 1. The van der Waals surface area contributed by atoms with Gasteiger partial charge >= 0.3 is 0 Å². The minimum atomic E-state index is 0.333. The average Bonchev–Trinajstić information content (AvgIpc) is 3.40. The van der Waals surface area contributed by atoms with Crippen molar-refractivity contribution in [2.24, 2.45) is 11.8 Å². The smallest absolute Gasteiger partial charge is 0.137 e. The zero-order valence-corrected chi connectivity index (χ0v) is 17.8. The van der Waals surface area contributed by atoms with Crippen molar-refractivity contribution in [3.8, 4) is 0 Å². The van der Waals surface area contributed by atoms with Gasteiger partial charge in [-0.05, 0) is 41.9 Å². The largest absolute Gasteiger partial charge is 0.299 e. The van der Waals surface area contributed by atoms with Crippen LogP contribution in [-0.4, -0.2) is 5.78 Å². The minimum Gasteiger partial charge on any atom is -0.299 e. The van der Waals surface area contributed by atoms with Crippen LogP contribution in [0.25, 0.3) is 5.57 Å². The molecule has 0 radical (unpaired) electrons. The fourth-order valence-electron chi connectivity index (χ4n) is 4.66. The minimum absolute atomic E-state index is 0.333. The molecule has 0 fully saturated rings. The lowest BCUT2D eigenvalue weighted by atomic mass is 9.85. The SMILES string of the molecule is CCC1C(CCC(=O)Cc2ccccc2)=CC=C1CC1C=CC(c2ccccc2)=C1. The fraction of sp³-hybridized carbons (Fsp3) is 0.276. The van der Waals surface area contributed by atoms with Crippen LogP contribution in [0.1, 0.15) is 43.7 Å². The number of carbonyl (C=O) groups is 1. The van der Waals surface area contributed by atoms with Crippen LogP contribution in [0, 0.1) is 11.8 Å². The number of hydrogen-bond donors (Lipinski definition) is 0. The van der Waals surface area contributed by atoms with Gasteiger partial charge in [-0.15, -0.1) is 0 Å². The van der Waals surface area contributed by atoms with Crippen LogP contribution < -0.4 is 0 Å². The van der Waals surface area contributed by atoms with Gasteiger partial charge in [0.15, 0.2) is 0 Å². The second kappa shape index (κ2) is 9.71. The summed E-state index contributed by atoms with van der Waals surface area (Å²) in [5, 5.41) is 0. The first-order chi connectivity index (χ1) is 14.7. The van der Waals surface area contributed by atoms with Gasteiger partial charge in [-0.1, -0.05) is 109 Å². The zero-order chi connectivity index (χ0) is 20.8. The summed E-state index contributed by atoms with van der Waals surface area (Å²) in [5.41, 5.74) is 6.68. The third-order valence-electron chi connectivity index (χ3n) is 6.25. The Morgan fingerprint density at radius 3 is 2.33 bits per heavy atom. The van der Waals surface area contributed by atoms with Crippen molar-refractivity contribution in [2.75, 3.05) is 0 Å². The van der Waals surface area contributed by atoms with E-state index in [0.717, 1.165) is 24.8 Å². The van der Waals surface area contributed by atoms with Gasteiger partial charge in [0.1, 0.15) is 5.78 Å². The molecule has 2 aliphatic rings. The Bertz CT molecular complexity index is 989. The predicted molar refractivity (Wildman–Crippen MR) is 126 cm³/mol. The molecule has 2 aromatic rings. The molecule has 1 nitrogen and oxygen atoms in total. The predicted octanol–water partition coefficient (Wildman–Crippen LogP) is 7.13. The molecule has 0 aliphatic heterocycles. The van der Waals surface area contributed by atoms with E-state index >= 15 is 0 Å². The molecular formula is C29H30O. The number of allylic oxidation sites excluding steroid dienone is 8. The highest BCUT2D eigenvalue weighted by molar-refractivity contribution is 5.81. The number of Topliss-reactive ketones (excluding diaryl/α,β-unsaturated/α-hetero) is 1. The Labute approximate surface area is 180 Å². The molecule has 2 unspecified atom stereocenters. The van der Waals surface area contributed by atoms with E-state index in [9.17, 15) is 4.79 Å². The topological polar surface area (TPSA) is 17.1 Å². The highest BCUT2D eigenvalue weighted by Crippen LogP contribution is 2.38. The Kier molecular flexibility index (Phi) is 6.59. The fourth-order valence-corrected chi connectivity index (χ4v) is 4.66. The second-order valence-corrected chi connectivity index (χ2v) is 8.36. The monoisotopic (exact) mass is 394 g/mol. The van der Waals surface area contributed by atoms with E-state index in [1.165, 1.54) is 22.3 Å². The van der Waals surface area contributed by atoms with Crippen LogP contribution in [0.2, 0.25) is 0 Å². The molecule has 2 aromatic carbocycles. The number of hydrogen-bond acceptors (Lipinski definition) is 1. The molecule has 0 N–H and O–H groups in total. The molecule has 0 aromatic heterocycles. The summed E-state index contributed by atoms with van der Waals surface area (Å²) in [6, 6.07) is 20.7. The van der Waals surface area contributed by atoms with Crippen molar-refractivity contribution < 1.29 is 4.79 Å². The molecule has 30 heavy (non-hydrogen) atoms. The Hall–Kier alpha value is -2.93. The molecular weight excluding hydrogens is 364 g/mol. The number of ketones is 1. The Morgan fingerprint density at radius 2 is 1.60 bits per heavy atom. The van der Waals surface area contributed by atoms with Crippen molar-refractivity contribution >= 4 is 11.4 Å². The summed E-state index contributed by atoms with van der Waals surface area (Å²) in [7, 11) is 0. The van der Waals surface area contributed by atoms with E-state index in [1.807, 2.05) is 30.3 Å². The van der Waals surface area contributed by atoms with E-state index in [-0.39, 0.29) is 0 Å². The molecule has 2 aliphatic carbocycles. The van der Waals surface area contributed by atoms with Crippen LogP contribution in [-0.2, 0) is 11.2 Å². The van der Waals surface area contributed by atoms with E-state index in [2.05, 4.69) is 67.6 Å². The van der Waals surface area contributed by atoms with Gasteiger partial charge in [0.05, 0.1) is 0 Å². The summed E-state index contributed by atoms with van der Waals surface area (Å²) in [4.78, 5) is 12.4. The number of benzene rings is 2. The first kappa shape index (κ1) is 20.3. The van der Waals surface area contributed by atoms with Crippen molar-refractivity contribution in [3.63, 3.8) is 0 Å². The van der Waals surface area contributed by atoms with Gasteiger partial charge < -0.3 is 0 Å². The molecule has 0 bridgehead atoms. The number of rotatable bonds is 9. The molecule has 1 heteroatoms. The molecule has 2 atom stereocenters. The molecule has 0 saturated carbocycles. The third-order valence-corrected chi connectivity index (χ3v) is 6.25. The summed E-state index contributed by atoms with van der Waals surface area (Å²) >= 11 is 0. The van der Waals surface area contributed by atoms with Crippen LogP contribution in [0.15, 0.2) is 102 Å². The molecule has 0 spiro atoms. The maximum Gasteiger partial charge on any atom is 0.137 e. The van der Waals surface area contributed by atoms with Gasteiger partial charge in [-0.2, -0.15) is 0 Å². The van der Waals surface area contributed by atoms with Crippen molar-refractivity contribution in [1.29, 1.82) is 0 Å². The second-order valence-electron chi connectivity index (χ2n) is 8.36. The first-order valence-electron chi connectivity index (χ1n) is 11.1. The van der Waals surface area contributed by atoms with Gasteiger partial charge in [0.2, 0.25) is 0 Å². The highest BCUT2D eigenvalue weighted by Gasteiger charge is 2.24. The van der Waals surface area contributed by atoms with Crippen molar-refractivity contribution in [1.82, 2.24) is 0 Å². The van der Waals surface area contributed by atoms with E-state index in [0.29, 0.717) is 30.5 Å². The summed E-state index contributed by atoms with van der Waals surface area (Å²) in [5.74, 6) is 1.30. The lowest BCUT2D eigenvalue weighted by Crippen LogP contribution is -2.09. The van der Waals surface area contributed by atoms with Crippen LogP contribution in [0.3, 0.4) is 0 Å².